The fourth-order valence-electron chi connectivity index (χ4n) is 1.74. The van der Waals surface area contributed by atoms with Crippen molar-refractivity contribution in [2.75, 3.05) is 13.2 Å². The molecule has 114 valence electrons. The molecule has 0 aromatic heterocycles. The number of nitrogens with two attached hydrogens (primary N) is 1. The molecule has 0 atom stereocenters. The normalized spacial score (nSPS) is 16.0. The van der Waals surface area contributed by atoms with Crippen molar-refractivity contribution in [1.82, 2.24) is 5.01 Å². The molecule has 8 heteroatoms. The third kappa shape index (κ3) is 3.57. The fourth-order valence-corrected chi connectivity index (χ4v) is 2.85. The van der Waals surface area contributed by atoms with Gasteiger partial charge in [0.1, 0.15) is 6.07 Å². The molecule has 2 N–H and O–H groups in total. The van der Waals surface area contributed by atoms with Gasteiger partial charge in [-0.15, -0.1) is 0 Å². The van der Waals surface area contributed by atoms with Gasteiger partial charge in [-0.2, -0.15) is 5.26 Å². The van der Waals surface area contributed by atoms with Crippen LogP contribution in [0.1, 0.15) is 12.5 Å². The Balaban J connectivity index is 2.29. The van der Waals surface area contributed by atoms with Gasteiger partial charge in [-0.1, -0.05) is 30.0 Å². The predicted octanol–water partition coefficient (Wildman–Crippen LogP) is 2.06. The highest BCUT2D eigenvalue weighted by atomic mass is 32.2. The maximum atomic E-state index is 11.9. The Kier molecular flexibility index (Phi) is 5.38. The molecule has 0 bridgehead atoms. The molecule has 0 aliphatic carbocycles. The zero-order valence-electron chi connectivity index (χ0n) is 11.7. The van der Waals surface area contributed by atoms with E-state index < -0.39 is 0 Å². The minimum Gasteiger partial charge on any atom is -0.490 e. The van der Waals surface area contributed by atoms with Crippen molar-refractivity contribution in [1.29, 1.82) is 5.26 Å². The van der Waals surface area contributed by atoms with Gasteiger partial charge >= 0.3 is 0 Å². The van der Waals surface area contributed by atoms with E-state index in [1.165, 1.54) is 0 Å². The van der Waals surface area contributed by atoms with Gasteiger partial charge in [-0.05, 0) is 30.7 Å². The second-order valence-electron chi connectivity index (χ2n) is 4.14. The van der Waals surface area contributed by atoms with Gasteiger partial charge in [0.05, 0.1) is 11.5 Å². The summed E-state index contributed by atoms with van der Waals surface area (Å²) in [7, 11) is 0. The van der Waals surface area contributed by atoms with E-state index >= 15 is 0 Å². The van der Waals surface area contributed by atoms with E-state index in [1.807, 2.05) is 13.0 Å². The first-order valence-electron chi connectivity index (χ1n) is 6.36. The third-order valence-electron chi connectivity index (χ3n) is 2.68. The molecule has 0 radical (unpaired) electrons. The van der Waals surface area contributed by atoms with E-state index in [-0.39, 0.29) is 12.5 Å². The number of hydrogen-bond acceptors (Lipinski definition) is 7. The van der Waals surface area contributed by atoms with Gasteiger partial charge in [0, 0.05) is 0 Å². The smallest absolute Gasteiger partial charge is 0.280 e. The molecular formula is C14H13N3O3S2. The van der Waals surface area contributed by atoms with Crippen molar-refractivity contribution in [3.63, 3.8) is 0 Å². The summed E-state index contributed by atoms with van der Waals surface area (Å²) in [5.41, 5.74) is 0.752. The molecule has 1 aliphatic heterocycles. The van der Waals surface area contributed by atoms with E-state index in [0.29, 0.717) is 27.3 Å². The number of hydrazine groups is 1. The van der Waals surface area contributed by atoms with Crippen LogP contribution in [0.25, 0.3) is 6.08 Å². The summed E-state index contributed by atoms with van der Waals surface area (Å²) in [5.74, 6) is 6.18. The summed E-state index contributed by atoms with van der Waals surface area (Å²) in [6.07, 6.45) is 1.68. The molecule has 1 fully saturated rings. The van der Waals surface area contributed by atoms with Crippen LogP contribution in [0.15, 0.2) is 23.1 Å². The third-order valence-corrected chi connectivity index (χ3v) is 4.01. The quantitative estimate of drug-likeness (QED) is 0.381. The number of ether oxygens (including phenoxy) is 2. The molecule has 1 aliphatic rings. The number of rotatable bonds is 5. The van der Waals surface area contributed by atoms with E-state index in [1.54, 1.807) is 24.3 Å². The number of carbonyl (C=O) groups excluding carboxylic acids is 1. The minimum atomic E-state index is -0.335. The average molecular weight is 335 g/mol. The molecule has 0 saturated carbocycles. The molecule has 1 saturated heterocycles. The van der Waals surface area contributed by atoms with Crippen LogP contribution in [0.5, 0.6) is 11.5 Å². The van der Waals surface area contributed by atoms with E-state index in [2.05, 4.69) is 0 Å². The number of amides is 1. The van der Waals surface area contributed by atoms with Crippen LogP contribution in [0, 0.1) is 11.3 Å². The summed E-state index contributed by atoms with van der Waals surface area (Å²) in [6.45, 7) is 2.24. The largest absolute Gasteiger partial charge is 0.490 e. The Hall–Kier alpha value is -2.08. The van der Waals surface area contributed by atoms with Crippen LogP contribution < -0.4 is 15.3 Å². The maximum absolute atomic E-state index is 11.9. The number of nitrogens with zero attached hydrogens (tertiary/aromatic N) is 2. The SMILES string of the molecule is CCOc1cc(C=C2SC(=S)N(N)C2=O)ccc1OCC#N. The van der Waals surface area contributed by atoms with Gasteiger partial charge in [-0.25, -0.2) is 10.9 Å². The maximum Gasteiger partial charge on any atom is 0.280 e. The number of thioether (sulfide) groups is 1. The molecule has 6 nitrogen and oxygen atoms in total. The van der Waals surface area contributed by atoms with E-state index in [4.69, 9.17) is 32.8 Å². The second kappa shape index (κ2) is 7.26. The Morgan fingerprint density at radius 3 is 2.82 bits per heavy atom. The summed E-state index contributed by atoms with van der Waals surface area (Å²) < 4.78 is 11.1. The van der Waals surface area contributed by atoms with Crippen molar-refractivity contribution in [3.8, 4) is 17.6 Å². The van der Waals surface area contributed by atoms with Crippen LogP contribution in [-0.4, -0.2) is 28.5 Å². The second-order valence-corrected chi connectivity index (χ2v) is 5.81. The lowest BCUT2D eigenvalue weighted by Crippen LogP contribution is -2.34. The standard InChI is InChI=1S/C14H13N3O3S2/c1-2-19-11-7-9(3-4-10(11)20-6-5-15)8-12-13(18)17(16)14(21)22-12/h3-4,7-8H,2,6,16H2,1H3. The molecule has 1 aromatic rings. The van der Waals surface area contributed by atoms with Crippen molar-refractivity contribution in [2.45, 2.75) is 6.92 Å². The number of benzene rings is 1. The van der Waals surface area contributed by atoms with E-state index in [0.717, 1.165) is 22.3 Å². The Morgan fingerprint density at radius 1 is 1.45 bits per heavy atom. The summed E-state index contributed by atoms with van der Waals surface area (Å²) in [6, 6.07) is 7.09. The summed E-state index contributed by atoms with van der Waals surface area (Å²) in [4.78, 5) is 12.3. The monoisotopic (exact) mass is 335 g/mol. The van der Waals surface area contributed by atoms with Gasteiger partial charge in [0.2, 0.25) is 0 Å². The number of carbonyl (C=O) groups is 1. The number of nitriles is 1. The molecule has 1 amide bonds. The van der Waals surface area contributed by atoms with Crippen molar-refractivity contribution in [3.05, 3.63) is 28.7 Å². The topological polar surface area (TPSA) is 88.6 Å². The van der Waals surface area contributed by atoms with Crippen LogP contribution in [-0.2, 0) is 4.79 Å². The van der Waals surface area contributed by atoms with Gasteiger partial charge in [-0.3, -0.25) is 4.79 Å². The van der Waals surface area contributed by atoms with Crippen LogP contribution >= 0.6 is 24.0 Å². The van der Waals surface area contributed by atoms with E-state index in [9.17, 15) is 4.79 Å². The van der Waals surface area contributed by atoms with Gasteiger partial charge < -0.3 is 9.47 Å². The van der Waals surface area contributed by atoms with Crippen molar-refractivity contribution < 1.29 is 14.3 Å². The number of thiocarbonyl (C=S) groups is 1. The highest BCUT2D eigenvalue weighted by Crippen LogP contribution is 2.33. The molecule has 22 heavy (non-hydrogen) atoms. The fraction of sp³-hybridized carbons (Fsp3) is 0.214. The van der Waals surface area contributed by atoms with Crippen LogP contribution in [0.3, 0.4) is 0 Å². The lowest BCUT2D eigenvalue weighted by Gasteiger charge is -2.10. The first kappa shape index (κ1) is 16.3. The Morgan fingerprint density at radius 2 is 2.23 bits per heavy atom. The van der Waals surface area contributed by atoms with Crippen molar-refractivity contribution in [2.24, 2.45) is 5.84 Å². The van der Waals surface area contributed by atoms with Gasteiger partial charge in [0.25, 0.3) is 5.91 Å². The average Bonchev–Trinajstić information content (AvgIpc) is 2.74. The van der Waals surface area contributed by atoms with Crippen LogP contribution in [0.4, 0.5) is 0 Å². The lowest BCUT2D eigenvalue weighted by atomic mass is 10.2. The summed E-state index contributed by atoms with van der Waals surface area (Å²) in [5, 5.41) is 9.52. The first-order valence-corrected chi connectivity index (χ1v) is 7.58. The molecule has 0 spiro atoms. The molecule has 2 rings (SSSR count). The summed E-state index contributed by atoms with van der Waals surface area (Å²) >= 11 is 6.12. The van der Waals surface area contributed by atoms with Crippen molar-refractivity contribution >= 4 is 40.3 Å². The highest BCUT2D eigenvalue weighted by molar-refractivity contribution is 8.26. The highest BCUT2D eigenvalue weighted by Gasteiger charge is 2.29. The minimum absolute atomic E-state index is 0.0642. The molecule has 1 heterocycles. The lowest BCUT2D eigenvalue weighted by molar-refractivity contribution is -0.122. The Bertz CT molecular complexity index is 682. The molecular weight excluding hydrogens is 322 g/mol. The Labute approximate surface area is 137 Å². The number of hydrogen-bond donors (Lipinski definition) is 1. The van der Waals surface area contributed by atoms with Crippen LogP contribution in [0.2, 0.25) is 0 Å². The van der Waals surface area contributed by atoms with Gasteiger partial charge in [0.15, 0.2) is 22.4 Å². The predicted molar refractivity (Wildman–Crippen MR) is 87.9 cm³/mol. The molecule has 1 aromatic carbocycles. The molecule has 0 unspecified atom stereocenters. The zero-order chi connectivity index (χ0) is 16.1. The zero-order valence-corrected chi connectivity index (χ0v) is 13.4. The first-order chi connectivity index (χ1) is 10.6.